The van der Waals surface area contributed by atoms with Crippen LogP contribution in [0.1, 0.15) is 12.0 Å². The zero-order valence-corrected chi connectivity index (χ0v) is 12.5. The maximum Gasteiger partial charge on any atom is 0.334 e. The highest BCUT2D eigenvalue weighted by molar-refractivity contribution is 9.10. The van der Waals surface area contributed by atoms with E-state index in [1.807, 2.05) is 24.3 Å². The number of nitrogens with zero attached hydrogens (tertiary/aromatic N) is 1. The van der Waals surface area contributed by atoms with Crippen molar-refractivity contribution in [2.45, 2.75) is 18.9 Å². The topological polar surface area (TPSA) is 66.8 Å². The quantitative estimate of drug-likeness (QED) is 0.904. The fourth-order valence-corrected chi connectivity index (χ4v) is 2.57. The molecule has 5 nitrogen and oxygen atoms in total. The van der Waals surface area contributed by atoms with E-state index in [-0.39, 0.29) is 19.1 Å². The standard InChI is InChI=1S/C14H16BrNO4/c15-11-3-1-2-10(8-11)4-5-13(17)16-6-7-20-12(9-16)14(18)19/h1-3,8,12H,4-7,9H2,(H,18,19). The number of aryl methyl sites for hydroxylation is 1. The van der Waals surface area contributed by atoms with Gasteiger partial charge in [-0.15, -0.1) is 0 Å². The highest BCUT2D eigenvalue weighted by Crippen LogP contribution is 2.14. The van der Waals surface area contributed by atoms with Gasteiger partial charge in [0.05, 0.1) is 13.2 Å². The van der Waals surface area contributed by atoms with Gasteiger partial charge in [0.1, 0.15) is 0 Å². The smallest absolute Gasteiger partial charge is 0.334 e. The average molecular weight is 342 g/mol. The first-order valence-electron chi connectivity index (χ1n) is 6.43. The van der Waals surface area contributed by atoms with Crippen LogP contribution in [0.2, 0.25) is 0 Å². The predicted molar refractivity (Wildman–Crippen MR) is 76.4 cm³/mol. The van der Waals surface area contributed by atoms with Gasteiger partial charge in [0.2, 0.25) is 5.91 Å². The monoisotopic (exact) mass is 341 g/mol. The second kappa shape index (κ2) is 6.85. The summed E-state index contributed by atoms with van der Waals surface area (Å²) in [5.41, 5.74) is 1.08. The van der Waals surface area contributed by atoms with Gasteiger partial charge in [-0.3, -0.25) is 4.79 Å². The van der Waals surface area contributed by atoms with Crippen molar-refractivity contribution in [1.29, 1.82) is 0 Å². The van der Waals surface area contributed by atoms with E-state index < -0.39 is 12.1 Å². The number of amides is 1. The molecular weight excluding hydrogens is 326 g/mol. The van der Waals surface area contributed by atoms with Crippen LogP contribution in [0.3, 0.4) is 0 Å². The fraction of sp³-hybridized carbons (Fsp3) is 0.429. The van der Waals surface area contributed by atoms with Crippen molar-refractivity contribution >= 4 is 27.8 Å². The van der Waals surface area contributed by atoms with Gasteiger partial charge >= 0.3 is 5.97 Å². The van der Waals surface area contributed by atoms with E-state index in [2.05, 4.69) is 15.9 Å². The first-order chi connectivity index (χ1) is 9.56. The van der Waals surface area contributed by atoms with Crippen LogP contribution in [0, 0.1) is 0 Å². The molecule has 1 aromatic rings. The van der Waals surface area contributed by atoms with Crippen molar-refractivity contribution in [3.8, 4) is 0 Å². The summed E-state index contributed by atoms with van der Waals surface area (Å²) in [5.74, 6) is -1.05. The molecule has 1 saturated heterocycles. The van der Waals surface area contributed by atoms with Gasteiger partial charge in [0.25, 0.3) is 0 Å². The molecule has 1 aromatic carbocycles. The summed E-state index contributed by atoms with van der Waals surface area (Å²) in [6, 6.07) is 7.81. The zero-order valence-electron chi connectivity index (χ0n) is 10.9. The van der Waals surface area contributed by atoms with Crippen LogP contribution in [0.5, 0.6) is 0 Å². The van der Waals surface area contributed by atoms with E-state index in [4.69, 9.17) is 9.84 Å². The Kier molecular flexibility index (Phi) is 5.14. The van der Waals surface area contributed by atoms with Gasteiger partial charge in [-0.25, -0.2) is 4.79 Å². The van der Waals surface area contributed by atoms with Crippen LogP contribution >= 0.6 is 15.9 Å². The molecular formula is C14H16BrNO4. The molecule has 0 aliphatic carbocycles. The third-order valence-electron chi connectivity index (χ3n) is 3.21. The van der Waals surface area contributed by atoms with Crippen molar-refractivity contribution in [2.75, 3.05) is 19.7 Å². The molecule has 1 atom stereocenters. The average Bonchev–Trinajstić information content (AvgIpc) is 2.45. The SMILES string of the molecule is O=C(O)C1CN(C(=O)CCc2cccc(Br)c2)CCO1. The fourth-order valence-electron chi connectivity index (χ4n) is 2.13. The minimum atomic E-state index is -1.02. The summed E-state index contributed by atoms with van der Waals surface area (Å²) in [6.07, 6.45) is 0.120. The first-order valence-corrected chi connectivity index (χ1v) is 7.22. The van der Waals surface area contributed by atoms with Gasteiger partial charge in [-0.1, -0.05) is 28.1 Å². The zero-order chi connectivity index (χ0) is 14.5. The van der Waals surface area contributed by atoms with E-state index >= 15 is 0 Å². The lowest BCUT2D eigenvalue weighted by atomic mass is 10.1. The number of halogens is 1. The lowest BCUT2D eigenvalue weighted by molar-refractivity contribution is -0.159. The summed E-state index contributed by atoms with van der Waals surface area (Å²) < 4.78 is 6.08. The Morgan fingerprint density at radius 2 is 2.25 bits per heavy atom. The second-order valence-electron chi connectivity index (χ2n) is 4.67. The minimum Gasteiger partial charge on any atom is -0.479 e. The van der Waals surface area contributed by atoms with Crippen LogP contribution in [0.4, 0.5) is 0 Å². The summed E-state index contributed by atoms with van der Waals surface area (Å²) in [7, 11) is 0. The van der Waals surface area contributed by atoms with E-state index in [1.54, 1.807) is 4.90 Å². The maximum absolute atomic E-state index is 12.1. The van der Waals surface area contributed by atoms with Crippen LogP contribution in [-0.2, 0) is 20.7 Å². The Hall–Kier alpha value is -1.40. The van der Waals surface area contributed by atoms with E-state index in [1.165, 1.54) is 0 Å². The third-order valence-corrected chi connectivity index (χ3v) is 3.70. The number of morpholine rings is 1. The van der Waals surface area contributed by atoms with Crippen LogP contribution in [-0.4, -0.2) is 47.7 Å². The minimum absolute atomic E-state index is 0.0282. The molecule has 0 aromatic heterocycles. The number of carboxylic acids is 1. The van der Waals surface area contributed by atoms with Crippen molar-refractivity contribution in [1.82, 2.24) is 4.90 Å². The Morgan fingerprint density at radius 1 is 1.45 bits per heavy atom. The Morgan fingerprint density at radius 3 is 2.95 bits per heavy atom. The van der Waals surface area contributed by atoms with Crippen molar-refractivity contribution < 1.29 is 19.4 Å². The number of aliphatic carboxylic acids is 1. The molecule has 1 fully saturated rings. The molecule has 0 radical (unpaired) electrons. The molecule has 20 heavy (non-hydrogen) atoms. The number of ether oxygens (including phenoxy) is 1. The van der Waals surface area contributed by atoms with Crippen molar-refractivity contribution in [3.63, 3.8) is 0 Å². The van der Waals surface area contributed by atoms with Crippen LogP contribution in [0.15, 0.2) is 28.7 Å². The van der Waals surface area contributed by atoms with Gasteiger partial charge in [0, 0.05) is 17.4 Å². The number of benzene rings is 1. The molecule has 6 heteroatoms. The Bertz CT molecular complexity index is 506. The summed E-state index contributed by atoms with van der Waals surface area (Å²) in [4.78, 5) is 24.5. The molecule has 2 rings (SSSR count). The Labute approximate surface area is 125 Å². The molecule has 108 valence electrons. The summed E-state index contributed by atoms with van der Waals surface area (Å²) >= 11 is 3.39. The number of hydrogen-bond donors (Lipinski definition) is 1. The van der Waals surface area contributed by atoms with Gasteiger partial charge in [-0.05, 0) is 24.1 Å². The molecule has 1 N–H and O–H groups in total. The molecule has 1 heterocycles. The Balaban J connectivity index is 1.87. The number of carboxylic acid groups (broad SMARTS) is 1. The molecule has 1 amide bonds. The summed E-state index contributed by atoms with van der Waals surface area (Å²) in [5, 5.41) is 8.91. The number of rotatable bonds is 4. The number of hydrogen-bond acceptors (Lipinski definition) is 3. The van der Waals surface area contributed by atoms with Gasteiger partial charge in [-0.2, -0.15) is 0 Å². The highest BCUT2D eigenvalue weighted by atomic mass is 79.9. The van der Waals surface area contributed by atoms with Gasteiger partial charge in [0.15, 0.2) is 6.10 Å². The van der Waals surface area contributed by atoms with Crippen molar-refractivity contribution in [2.24, 2.45) is 0 Å². The molecule has 1 unspecified atom stereocenters. The summed E-state index contributed by atoms with van der Waals surface area (Å²) in [6.45, 7) is 0.868. The molecule has 1 aliphatic rings. The number of carbonyl (C=O) groups excluding carboxylic acids is 1. The van der Waals surface area contributed by atoms with E-state index in [9.17, 15) is 9.59 Å². The molecule has 0 spiro atoms. The predicted octanol–water partition coefficient (Wildman–Crippen LogP) is 1.69. The van der Waals surface area contributed by atoms with Crippen LogP contribution in [0.25, 0.3) is 0 Å². The molecule has 0 bridgehead atoms. The maximum atomic E-state index is 12.1. The highest BCUT2D eigenvalue weighted by Gasteiger charge is 2.28. The third kappa shape index (κ3) is 4.05. The largest absolute Gasteiger partial charge is 0.479 e. The van der Waals surface area contributed by atoms with Crippen molar-refractivity contribution in [3.05, 3.63) is 34.3 Å². The van der Waals surface area contributed by atoms with Crippen LogP contribution < -0.4 is 0 Å². The second-order valence-corrected chi connectivity index (χ2v) is 5.58. The normalized spacial score (nSPS) is 18.9. The molecule has 0 saturated carbocycles. The first kappa shape index (κ1) is 15.0. The number of carbonyl (C=O) groups is 2. The lowest BCUT2D eigenvalue weighted by Gasteiger charge is -2.31. The van der Waals surface area contributed by atoms with E-state index in [0.29, 0.717) is 19.4 Å². The van der Waals surface area contributed by atoms with E-state index in [0.717, 1.165) is 10.0 Å². The molecule has 1 aliphatic heterocycles. The van der Waals surface area contributed by atoms with Gasteiger partial charge < -0.3 is 14.7 Å². The lowest BCUT2D eigenvalue weighted by Crippen LogP contribution is -2.48.